The normalized spacial score (nSPS) is 24.6. The molecule has 4 rings (SSSR count). The van der Waals surface area contributed by atoms with Gasteiger partial charge in [-0.3, -0.25) is 10.2 Å². The van der Waals surface area contributed by atoms with Gasteiger partial charge < -0.3 is 31.1 Å². The molecule has 2 aliphatic carbocycles. The summed E-state index contributed by atoms with van der Waals surface area (Å²) in [5.41, 5.74) is 7.80. The number of amides is 1. The van der Waals surface area contributed by atoms with E-state index in [0.717, 1.165) is 51.6 Å². The molecule has 1 amide bonds. The Morgan fingerprint density at radius 1 is 1.06 bits per heavy atom. The van der Waals surface area contributed by atoms with Gasteiger partial charge in [-0.05, 0) is 82.0 Å². The number of carbonyl (C=O) groups is 1. The summed E-state index contributed by atoms with van der Waals surface area (Å²) < 4.78 is 0. The smallest absolute Gasteiger partial charge is 0.286 e. The Morgan fingerprint density at radius 2 is 1.67 bits per heavy atom. The average molecular weight is 458 g/mol. The molecule has 0 radical (unpaired) electrons. The van der Waals surface area contributed by atoms with Crippen molar-refractivity contribution in [1.82, 2.24) is 15.1 Å². The van der Waals surface area contributed by atoms with E-state index in [2.05, 4.69) is 10.2 Å². The second kappa shape index (κ2) is 9.89. The van der Waals surface area contributed by atoms with Crippen molar-refractivity contribution in [1.29, 1.82) is 5.41 Å². The maximum Gasteiger partial charge on any atom is 0.286 e. The van der Waals surface area contributed by atoms with Gasteiger partial charge in [-0.2, -0.15) is 0 Å². The third kappa shape index (κ3) is 5.27. The van der Waals surface area contributed by atoms with E-state index in [-0.39, 0.29) is 35.3 Å². The van der Waals surface area contributed by atoms with Crippen LogP contribution in [0, 0.1) is 5.41 Å². The van der Waals surface area contributed by atoms with Crippen molar-refractivity contribution >= 4 is 11.7 Å². The molecule has 6 N–H and O–H groups in total. The SMILES string of the molecule is CC(C)c1cc(C(N)N(C(=N)C(=O)NC2CC2)C2CCC(N3CCCC3)CC2)c(O)cc1O. The molecule has 1 saturated heterocycles. The molecule has 8 heteroatoms. The minimum absolute atomic E-state index is 0.0256. The molecule has 182 valence electrons. The number of nitrogens with two attached hydrogens (primary N) is 1. The first-order valence-corrected chi connectivity index (χ1v) is 12.5. The highest BCUT2D eigenvalue weighted by Crippen LogP contribution is 2.38. The highest BCUT2D eigenvalue weighted by atomic mass is 16.3. The number of amidine groups is 1. The van der Waals surface area contributed by atoms with E-state index >= 15 is 0 Å². The summed E-state index contributed by atoms with van der Waals surface area (Å²) in [5, 5.41) is 32.6. The molecule has 1 atom stereocenters. The van der Waals surface area contributed by atoms with E-state index in [1.807, 2.05) is 13.8 Å². The van der Waals surface area contributed by atoms with Gasteiger partial charge in [0.1, 0.15) is 17.7 Å². The van der Waals surface area contributed by atoms with Crippen molar-refractivity contribution in [3.63, 3.8) is 0 Å². The highest BCUT2D eigenvalue weighted by Gasteiger charge is 2.37. The summed E-state index contributed by atoms with van der Waals surface area (Å²) in [6.07, 6.45) is 7.31. The molecule has 1 aliphatic heterocycles. The molecule has 3 aliphatic rings. The summed E-state index contributed by atoms with van der Waals surface area (Å²) in [5.74, 6) is -0.596. The van der Waals surface area contributed by atoms with Gasteiger partial charge in [0.05, 0.1) is 0 Å². The van der Waals surface area contributed by atoms with Crippen LogP contribution in [0.5, 0.6) is 11.5 Å². The largest absolute Gasteiger partial charge is 0.508 e. The van der Waals surface area contributed by atoms with Crippen molar-refractivity contribution in [3.05, 3.63) is 23.3 Å². The Hall–Kier alpha value is -2.32. The second-order valence-corrected chi connectivity index (χ2v) is 10.3. The number of aromatic hydroxyl groups is 2. The number of benzene rings is 1. The van der Waals surface area contributed by atoms with E-state index < -0.39 is 12.1 Å². The third-order valence-corrected chi connectivity index (χ3v) is 7.52. The predicted molar refractivity (Wildman–Crippen MR) is 128 cm³/mol. The van der Waals surface area contributed by atoms with E-state index in [1.54, 1.807) is 11.0 Å². The van der Waals surface area contributed by atoms with Crippen LogP contribution in [-0.4, -0.2) is 63.0 Å². The molecule has 33 heavy (non-hydrogen) atoms. The lowest BCUT2D eigenvalue weighted by Gasteiger charge is -2.43. The molecule has 1 aromatic carbocycles. The number of hydrogen-bond acceptors (Lipinski definition) is 6. The Morgan fingerprint density at radius 3 is 2.24 bits per heavy atom. The molecular weight excluding hydrogens is 418 g/mol. The lowest BCUT2D eigenvalue weighted by molar-refractivity contribution is -0.116. The highest BCUT2D eigenvalue weighted by molar-refractivity contribution is 6.36. The summed E-state index contributed by atoms with van der Waals surface area (Å²) in [4.78, 5) is 17.1. The molecule has 2 saturated carbocycles. The monoisotopic (exact) mass is 457 g/mol. The van der Waals surface area contributed by atoms with Gasteiger partial charge in [0, 0.05) is 29.8 Å². The Kier molecular flexibility index (Phi) is 7.14. The van der Waals surface area contributed by atoms with Gasteiger partial charge in [0.2, 0.25) is 0 Å². The zero-order chi connectivity index (χ0) is 23.7. The lowest BCUT2D eigenvalue weighted by atomic mass is 9.88. The Labute approximate surface area is 196 Å². The van der Waals surface area contributed by atoms with Crippen LogP contribution in [0.3, 0.4) is 0 Å². The number of phenols is 2. The van der Waals surface area contributed by atoms with E-state index in [9.17, 15) is 15.0 Å². The number of nitrogens with one attached hydrogen (secondary N) is 2. The Balaban J connectivity index is 1.58. The van der Waals surface area contributed by atoms with Crippen LogP contribution in [0.1, 0.15) is 88.4 Å². The standard InChI is InChI=1S/C25H39N5O3/c1-15(2)19-13-20(22(32)14-21(19)31)23(26)30(24(27)25(33)28-16-5-6-16)18-9-7-17(8-10-18)29-11-3-4-12-29/h13-18,23,27,31-32H,3-12,26H2,1-2H3,(H,28,33). The fraction of sp³-hybridized carbons (Fsp3) is 0.680. The fourth-order valence-electron chi connectivity index (χ4n) is 5.42. The zero-order valence-electron chi connectivity index (χ0n) is 19.9. The van der Waals surface area contributed by atoms with Crippen LogP contribution in [-0.2, 0) is 4.79 Å². The van der Waals surface area contributed by atoms with Crippen LogP contribution in [0.4, 0.5) is 0 Å². The minimum Gasteiger partial charge on any atom is -0.508 e. The quantitative estimate of drug-likeness (QED) is 0.254. The minimum atomic E-state index is -0.853. The average Bonchev–Trinajstić information content (AvgIpc) is 3.42. The number of hydrogen-bond donors (Lipinski definition) is 5. The van der Waals surface area contributed by atoms with E-state index in [0.29, 0.717) is 17.2 Å². The predicted octanol–water partition coefficient (Wildman–Crippen LogP) is 3.14. The van der Waals surface area contributed by atoms with Crippen molar-refractivity contribution in [2.45, 2.75) is 95.4 Å². The number of rotatable bonds is 6. The number of carbonyl (C=O) groups excluding carboxylic acids is 1. The first-order valence-electron chi connectivity index (χ1n) is 12.5. The van der Waals surface area contributed by atoms with Crippen LogP contribution in [0.15, 0.2) is 12.1 Å². The van der Waals surface area contributed by atoms with Gasteiger partial charge >= 0.3 is 0 Å². The van der Waals surface area contributed by atoms with E-state index in [1.165, 1.54) is 18.9 Å². The van der Waals surface area contributed by atoms with Gasteiger partial charge in [0.15, 0.2) is 5.84 Å². The summed E-state index contributed by atoms with van der Waals surface area (Å²) >= 11 is 0. The van der Waals surface area contributed by atoms with Crippen LogP contribution in [0.25, 0.3) is 0 Å². The van der Waals surface area contributed by atoms with Gasteiger partial charge in [0.25, 0.3) is 5.91 Å². The maximum atomic E-state index is 12.9. The van der Waals surface area contributed by atoms with Crippen molar-refractivity contribution < 1.29 is 15.0 Å². The molecule has 3 fully saturated rings. The van der Waals surface area contributed by atoms with Crippen LogP contribution in [0.2, 0.25) is 0 Å². The van der Waals surface area contributed by atoms with Crippen molar-refractivity contribution in [3.8, 4) is 11.5 Å². The van der Waals surface area contributed by atoms with Crippen LogP contribution < -0.4 is 11.1 Å². The number of phenolic OH excluding ortho intramolecular Hbond substituents is 2. The molecule has 1 heterocycles. The fourth-order valence-corrected chi connectivity index (χ4v) is 5.42. The van der Waals surface area contributed by atoms with Crippen molar-refractivity contribution in [2.75, 3.05) is 13.1 Å². The molecule has 1 aromatic rings. The topological polar surface area (TPSA) is 126 Å². The molecule has 8 nitrogen and oxygen atoms in total. The lowest BCUT2D eigenvalue weighted by Crippen LogP contribution is -2.53. The molecule has 0 spiro atoms. The van der Waals surface area contributed by atoms with Gasteiger partial charge in [-0.1, -0.05) is 13.8 Å². The summed E-state index contributed by atoms with van der Waals surface area (Å²) in [6.45, 7) is 6.25. The number of nitrogens with zero attached hydrogens (tertiary/aromatic N) is 2. The molecule has 0 aromatic heterocycles. The van der Waals surface area contributed by atoms with E-state index in [4.69, 9.17) is 11.1 Å². The molecule has 1 unspecified atom stereocenters. The van der Waals surface area contributed by atoms with Gasteiger partial charge in [-0.15, -0.1) is 0 Å². The van der Waals surface area contributed by atoms with Crippen LogP contribution >= 0.6 is 0 Å². The molecular formula is C25H39N5O3. The third-order valence-electron chi connectivity index (χ3n) is 7.52. The van der Waals surface area contributed by atoms with Crippen molar-refractivity contribution in [2.24, 2.45) is 5.73 Å². The second-order valence-electron chi connectivity index (χ2n) is 10.3. The molecule has 0 bridgehead atoms. The first-order chi connectivity index (χ1) is 15.8. The van der Waals surface area contributed by atoms with Gasteiger partial charge in [-0.25, -0.2) is 0 Å². The zero-order valence-corrected chi connectivity index (χ0v) is 19.9. The first kappa shape index (κ1) is 23.8. The Bertz CT molecular complexity index is 871. The summed E-state index contributed by atoms with van der Waals surface area (Å²) in [6, 6.07) is 3.70. The maximum absolute atomic E-state index is 12.9. The number of likely N-dealkylation sites (tertiary alicyclic amines) is 1. The summed E-state index contributed by atoms with van der Waals surface area (Å²) in [7, 11) is 0.